The first-order chi connectivity index (χ1) is 14.1. The van der Waals surface area contributed by atoms with Gasteiger partial charge in [-0.15, -0.1) is 0 Å². The summed E-state index contributed by atoms with van der Waals surface area (Å²) in [6.07, 6.45) is 2.92. The maximum Gasteiger partial charge on any atom is 0.324 e. The van der Waals surface area contributed by atoms with E-state index in [-0.39, 0.29) is 32.0 Å². The Morgan fingerprint density at radius 3 is 2.10 bits per heavy atom. The molecule has 0 aliphatic carbocycles. The Hall–Kier alpha value is -2.93. The van der Waals surface area contributed by atoms with Gasteiger partial charge < -0.3 is 14.2 Å². The lowest BCUT2D eigenvalue weighted by Gasteiger charge is -2.19. The molecule has 1 aromatic carbocycles. The van der Waals surface area contributed by atoms with Gasteiger partial charge in [-0.25, -0.2) is 0 Å². The quantitative estimate of drug-likeness (QED) is 0.318. The summed E-state index contributed by atoms with van der Waals surface area (Å²) in [4.78, 5) is 36.0. The first-order valence-electron chi connectivity index (χ1n) is 9.71. The summed E-state index contributed by atoms with van der Waals surface area (Å²) in [6.45, 7) is 12.9. The van der Waals surface area contributed by atoms with Crippen LogP contribution in [0.25, 0.3) is 0 Å². The van der Waals surface area contributed by atoms with Gasteiger partial charge in [-0.1, -0.05) is 49.6 Å². The number of hydrogen-bond donors (Lipinski definition) is 1. The number of ether oxygens (including phenoxy) is 3. The molecule has 0 aliphatic rings. The van der Waals surface area contributed by atoms with Gasteiger partial charge in [0.1, 0.15) is 24.9 Å². The highest BCUT2D eigenvalue weighted by Gasteiger charge is 2.23. The van der Waals surface area contributed by atoms with Crippen molar-refractivity contribution in [2.24, 2.45) is 0 Å². The van der Waals surface area contributed by atoms with Crippen molar-refractivity contribution >= 4 is 17.9 Å². The summed E-state index contributed by atoms with van der Waals surface area (Å²) < 4.78 is 15.3. The van der Waals surface area contributed by atoms with Gasteiger partial charge in [0.15, 0.2) is 0 Å². The Bertz CT molecular complexity index is 733. The van der Waals surface area contributed by atoms with Crippen molar-refractivity contribution in [2.45, 2.75) is 51.8 Å². The van der Waals surface area contributed by atoms with Crippen LogP contribution in [-0.2, 0) is 41.6 Å². The number of nitrogens with one attached hydrogen (secondary N) is 1. The summed E-state index contributed by atoms with van der Waals surface area (Å²) in [6, 6.07) is 6.47. The molecule has 1 unspecified atom stereocenters. The molecule has 7 heteroatoms. The van der Waals surface area contributed by atoms with Crippen LogP contribution in [0.3, 0.4) is 0 Å². The second-order valence-electron chi connectivity index (χ2n) is 7.61. The highest BCUT2D eigenvalue weighted by molar-refractivity contribution is 5.82. The molecule has 164 valence electrons. The minimum atomic E-state index is -0.858. The SMILES string of the molecule is C=CCOC(=O)CC(NCc1ccc(CC(=O)OC(C)(C)C)cc1)C(=O)OCC=C. The molecule has 0 heterocycles. The largest absolute Gasteiger partial charge is 0.461 e. The molecule has 1 rings (SSSR count). The molecule has 0 amide bonds. The third-order valence-electron chi connectivity index (χ3n) is 3.70. The first-order valence-corrected chi connectivity index (χ1v) is 9.71. The van der Waals surface area contributed by atoms with Gasteiger partial charge in [0.25, 0.3) is 0 Å². The van der Waals surface area contributed by atoms with E-state index in [2.05, 4.69) is 18.5 Å². The summed E-state index contributed by atoms with van der Waals surface area (Å²) in [7, 11) is 0. The van der Waals surface area contributed by atoms with Gasteiger partial charge in [-0.3, -0.25) is 19.7 Å². The van der Waals surface area contributed by atoms with Crippen LogP contribution in [-0.4, -0.2) is 42.8 Å². The molecule has 0 fully saturated rings. The third kappa shape index (κ3) is 10.6. The van der Waals surface area contributed by atoms with Crippen LogP contribution >= 0.6 is 0 Å². The Balaban J connectivity index is 2.67. The fourth-order valence-corrected chi connectivity index (χ4v) is 2.42. The predicted octanol–water partition coefficient (Wildman–Crippen LogP) is 2.88. The van der Waals surface area contributed by atoms with E-state index in [1.165, 1.54) is 12.2 Å². The molecule has 0 bridgehead atoms. The normalized spacial score (nSPS) is 11.8. The topological polar surface area (TPSA) is 90.9 Å². The average Bonchev–Trinajstić information content (AvgIpc) is 2.67. The number of rotatable bonds is 12. The molecule has 0 saturated carbocycles. The number of benzene rings is 1. The van der Waals surface area contributed by atoms with Crippen molar-refractivity contribution in [3.8, 4) is 0 Å². The molecule has 7 nitrogen and oxygen atoms in total. The first kappa shape index (κ1) is 25.1. The smallest absolute Gasteiger partial charge is 0.324 e. The van der Waals surface area contributed by atoms with Crippen molar-refractivity contribution < 1.29 is 28.6 Å². The molecule has 1 N–H and O–H groups in total. The Kier molecular flexibility index (Phi) is 10.5. The summed E-state index contributed by atoms with van der Waals surface area (Å²) in [5, 5.41) is 3.02. The van der Waals surface area contributed by atoms with E-state index in [4.69, 9.17) is 14.2 Å². The lowest BCUT2D eigenvalue weighted by molar-refractivity contribution is -0.154. The van der Waals surface area contributed by atoms with Gasteiger partial charge in [0.2, 0.25) is 0 Å². The third-order valence-corrected chi connectivity index (χ3v) is 3.70. The van der Waals surface area contributed by atoms with Crippen molar-refractivity contribution in [2.75, 3.05) is 13.2 Å². The van der Waals surface area contributed by atoms with Gasteiger partial charge in [-0.05, 0) is 31.9 Å². The van der Waals surface area contributed by atoms with E-state index in [1.807, 2.05) is 45.0 Å². The van der Waals surface area contributed by atoms with Crippen LogP contribution in [0.5, 0.6) is 0 Å². The van der Waals surface area contributed by atoms with Crippen molar-refractivity contribution in [3.63, 3.8) is 0 Å². The van der Waals surface area contributed by atoms with Crippen molar-refractivity contribution in [3.05, 3.63) is 60.7 Å². The van der Waals surface area contributed by atoms with E-state index < -0.39 is 23.6 Å². The molecule has 0 radical (unpaired) electrons. The lowest BCUT2D eigenvalue weighted by Crippen LogP contribution is -2.40. The highest BCUT2D eigenvalue weighted by Crippen LogP contribution is 2.11. The average molecular weight is 418 g/mol. The van der Waals surface area contributed by atoms with E-state index in [1.54, 1.807) is 0 Å². The number of hydrogen-bond acceptors (Lipinski definition) is 7. The minimum absolute atomic E-state index is 0.0537. The number of carbonyl (C=O) groups is 3. The van der Waals surface area contributed by atoms with Gasteiger partial charge in [-0.2, -0.15) is 0 Å². The van der Waals surface area contributed by atoms with Gasteiger partial charge >= 0.3 is 17.9 Å². The summed E-state index contributed by atoms with van der Waals surface area (Å²) in [5.74, 6) is -1.39. The Morgan fingerprint density at radius 2 is 1.53 bits per heavy atom. The number of carbonyl (C=O) groups excluding carboxylic acids is 3. The van der Waals surface area contributed by atoms with E-state index in [0.717, 1.165) is 11.1 Å². The summed E-state index contributed by atoms with van der Waals surface area (Å²) in [5.41, 5.74) is 1.18. The Labute approximate surface area is 178 Å². The second-order valence-corrected chi connectivity index (χ2v) is 7.61. The standard InChI is InChI=1S/C23H31NO6/c1-6-12-28-20(25)15-19(22(27)29-13-7-2)24-16-18-10-8-17(9-11-18)14-21(26)30-23(3,4)5/h6-11,19,24H,1-2,12-16H2,3-5H3. The fraction of sp³-hybridized carbons (Fsp3) is 0.435. The van der Waals surface area contributed by atoms with Crippen LogP contribution in [0.1, 0.15) is 38.3 Å². The van der Waals surface area contributed by atoms with Gasteiger partial charge in [0.05, 0.1) is 12.8 Å². The minimum Gasteiger partial charge on any atom is -0.461 e. The van der Waals surface area contributed by atoms with E-state index in [0.29, 0.717) is 6.54 Å². The van der Waals surface area contributed by atoms with Gasteiger partial charge in [0, 0.05) is 6.54 Å². The van der Waals surface area contributed by atoms with Crippen LogP contribution in [0.2, 0.25) is 0 Å². The van der Waals surface area contributed by atoms with E-state index in [9.17, 15) is 14.4 Å². The van der Waals surface area contributed by atoms with Crippen LogP contribution in [0, 0.1) is 0 Å². The number of esters is 3. The van der Waals surface area contributed by atoms with Crippen molar-refractivity contribution in [1.29, 1.82) is 0 Å². The zero-order valence-electron chi connectivity index (χ0n) is 17.9. The van der Waals surface area contributed by atoms with Crippen LogP contribution < -0.4 is 5.32 Å². The molecule has 0 saturated heterocycles. The molecule has 30 heavy (non-hydrogen) atoms. The highest BCUT2D eigenvalue weighted by atomic mass is 16.6. The maximum atomic E-state index is 12.2. The molecule has 0 spiro atoms. The Morgan fingerprint density at radius 1 is 0.967 bits per heavy atom. The molecule has 0 aromatic heterocycles. The predicted molar refractivity (Wildman–Crippen MR) is 114 cm³/mol. The molecule has 1 atom stereocenters. The fourth-order valence-electron chi connectivity index (χ4n) is 2.42. The van der Waals surface area contributed by atoms with Crippen LogP contribution in [0.15, 0.2) is 49.6 Å². The molecular weight excluding hydrogens is 386 g/mol. The second kappa shape index (κ2) is 12.6. The molecule has 1 aromatic rings. The van der Waals surface area contributed by atoms with E-state index >= 15 is 0 Å². The zero-order chi connectivity index (χ0) is 22.6. The van der Waals surface area contributed by atoms with Crippen LogP contribution in [0.4, 0.5) is 0 Å². The molecule has 0 aliphatic heterocycles. The zero-order valence-corrected chi connectivity index (χ0v) is 17.9. The molecular formula is C23H31NO6. The maximum absolute atomic E-state index is 12.2. The summed E-state index contributed by atoms with van der Waals surface area (Å²) >= 11 is 0. The monoisotopic (exact) mass is 417 g/mol. The lowest BCUT2D eigenvalue weighted by atomic mass is 10.1. The van der Waals surface area contributed by atoms with Crippen molar-refractivity contribution in [1.82, 2.24) is 5.32 Å².